The van der Waals surface area contributed by atoms with Gasteiger partial charge < -0.3 is 19.7 Å². The van der Waals surface area contributed by atoms with E-state index < -0.39 is 0 Å². The maximum absolute atomic E-state index is 12.4. The molecule has 5 rings (SSSR count). The summed E-state index contributed by atoms with van der Waals surface area (Å²) in [5.41, 5.74) is 4.21. The van der Waals surface area contributed by atoms with E-state index in [4.69, 9.17) is 9.47 Å². The fourth-order valence-electron chi connectivity index (χ4n) is 5.07. The third-order valence-corrected chi connectivity index (χ3v) is 6.67. The molecular weight excluding hydrogens is 370 g/mol. The summed E-state index contributed by atoms with van der Waals surface area (Å²) in [5, 5.41) is 6.17. The van der Waals surface area contributed by atoms with E-state index in [1.165, 1.54) is 5.56 Å². The van der Waals surface area contributed by atoms with Crippen molar-refractivity contribution >= 4 is 23.2 Å². The maximum atomic E-state index is 12.4. The fourth-order valence-corrected chi connectivity index (χ4v) is 5.07. The first-order valence-corrected chi connectivity index (χ1v) is 10.5. The van der Waals surface area contributed by atoms with Crippen LogP contribution in [0.25, 0.3) is 5.70 Å². The highest BCUT2D eigenvalue weighted by molar-refractivity contribution is 6.01. The molecule has 2 saturated heterocycles. The van der Waals surface area contributed by atoms with Crippen LogP contribution >= 0.6 is 0 Å². The fraction of sp³-hybridized carbons (Fsp3) is 0.545. The Labute approximate surface area is 170 Å². The van der Waals surface area contributed by atoms with Gasteiger partial charge in [-0.3, -0.25) is 14.9 Å². The molecule has 2 amide bonds. The van der Waals surface area contributed by atoms with Gasteiger partial charge in [-0.1, -0.05) is 18.7 Å². The zero-order chi connectivity index (χ0) is 20.0. The number of ether oxygens (including phenoxy) is 2. The molecule has 0 bridgehead atoms. The van der Waals surface area contributed by atoms with Crippen molar-refractivity contribution in [2.24, 2.45) is 0 Å². The highest BCUT2D eigenvalue weighted by Crippen LogP contribution is 2.41. The van der Waals surface area contributed by atoms with Crippen LogP contribution in [-0.4, -0.2) is 47.8 Å². The maximum Gasteiger partial charge on any atom is 0.249 e. The molecule has 1 saturated carbocycles. The van der Waals surface area contributed by atoms with Gasteiger partial charge in [0.2, 0.25) is 11.8 Å². The molecule has 29 heavy (non-hydrogen) atoms. The van der Waals surface area contributed by atoms with Gasteiger partial charge in [-0.25, -0.2) is 0 Å². The third kappa shape index (κ3) is 3.32. The zero-order valence-electron chi connectivity index (χ0n) is 16.5. The molecule has 1 unspecified atom stereocenters. The van der Waals surface area contributed by atoms with E-state index in [1.807, 2.05) is 11.0 Å². The lowest BCUT2D eigenvalue weighted by atomic mass is 9.89. The number of benzene rings is 1. The van der Waals surface area contributed by atoms with Crippen molar-refractivity contribution in [2.75, 3.05) is 18.5 Å². The Morgan fingerprint density at radius 1 is 1.14 bits per heavy atom. The topological polar surface area (TPSA) is 79.9 Å². The van der Waals surface area contributed by atoms with Crippen molar-refractivity contribution in [2.45, 2.75) is 62.9 Å². The molecule has 7 heteroatoms. The molecule has 7 nitrogen and oxygen atoms in total. The van der Waals surface area contributed by atoms with Crippen LogP contribution in [0.15, 0.2) is 24.8 Å². The summed E-state index contributed by atoms with van der Waals surface area (Å²) in [6.45, 7) is 6.27. The highest BCUT2D eigenvalue weighted by atomic mass is 16.7. The van der Waals surface area contributed by atoms with Crippen LogP contribution in [-0.2, 0) is 25.6 Å². The van der Waals surface area contributed by atoms with Crippen molar-refractivity contribution < 1.29 is 19.1 Å². The van der Waals surface area contributed by atoms with Crippen LogP contribution in [0.3, 0.4) is 0 Å². The van der Waals surface area contributed by atoms with Crippen LogP contribution in [0.2, 0.25) is 0 Å². The molecule has 3 heterocycles. The van der Waals surface area contributed by atoms with E-state index in [1.54, 1.807) is 0 Å². The predicted octanol–water partition coefficient (Wildman–Crippen LogP) is 2.38. The average molecular weight is 397 g/mol. The molecule has 1 aromatic rings. The second-order valence-corrected chi connectivity index (χ2v) is 8.40. The average Bonchev–Trinajstić information content (AvgIpc) is 3.30. The number of amides is 2. The normalized spacial score (nSPS) is 26.7. The summed E-state index contributed by atoms with van der Waals surface area (Å²) >= 11 is 0. The Bertz CT molecular complexity index is 852. The first-order chi connectivity index (χ1) is 14.0. The van der Waals surface area contributed by atoms with Gasteiger partial charge in [0.1, 0.15) is 6.04 Å². The SMILES string of the molecule is C=C1c2cccc(NC3CCC4(CC3)OCCO4)c2CN1C1CCC(=O)NC1=O. The number of fused-ring (bicyclic) bond motifs is 1. The molecule has 0 aromatic heterocycles. The molecule has 1 spiro atoms. The van der Waals surface area contributed by atoms with Crippen molar-refractivity contribution in [3.8, 4) is 0 Å². The Morgan fingerprint density at radius 2 is 1.90 bits per heavy atom. The number of piperidine rings is 1. The monoisotopic (exact) mass is 397 g/mol. The molecule has 1 atom stereocenters. The van der Waals surface area contributed by atoms with Gasteiger partial charge in [0, 0.05) is 54.4 Å². The first kappa shape index (κ1) is 18.6. The van der Waals surface area contributed by atoms with E-state index in [9.17, 15) is 9.59 Å². The summed E-state index contributed by atoms with van der Waals surface area (Å²) in [5.74, 6) is -0.770. The number of anilines is 1. The summed E-state index contributed by atoms with van der Waals surface area (Å²) in [6.07, 6.45) is 4.73. The minimum Gasteiger partial charge on any atom is -0.382 e. The molecule has 154 valence electrons. The molecular formula is C22H27N3O4. The summed E-state index contributed by atoms with van der Waals surface area (Å²) in [4.78, 5) is 25.9. The molecule has 3 fully saturated rings. The quantitative estimate of drug-likeness (QED) is 0.763. The van der Waals surface area contributed by atoms with Crippen LogP contribution in [0, 0.1) is 0 Å². The molecule has 1 aromatic carbocycles. The van der Waals surface area contributed by atoms with Gasteiger partial charge in [0.05, 0.1) is 13.2 Å². The van der Waals surface area contributed by atoms with Crippen molar-refractivity contribution in [3.05, 3.63) is 35.9 Å². The highest BCUT2D eigenvalue weighted by Gasteiger charge is 2.41. The Morgan fingerprint density at radius 3 is 2.62 bits per heavy atom. The number of nitrogens with zero attached hydrogens (tertiary/aromatic N) is 1. The number of carbonyl (C=O) groups is 2. The van der Waals surface area contributed by atoms with Crippen molar-refractivity contribution in [3.63, 3.8) is 0 Å². The van der Waals surface area contributed by atoms with Crippen molar-refractivity contribution in [1.29, 1.82) is 0 Å². The minimum absolute atomic E-state index is 0.193. The van der Waals surface area contributed by atoms with E-state index in [0.29, 0.717) is 38.6 Å². The van der Waals surface area contributed by atoms with E-state index in [2.05, 4.69) is 29.3 Å². The third-order valence-electron chi connectivity index (χ3n) is 6.67. The van der Waals surface area contributed by atoms with Gasteiger partial charge >= 0.3 is 0 Å². The van der Waals surface area contributed by atoms with E-state index in [0.717, 1.165) is 42.6 Å². The lowest BCUT2D eigenvalue weighted by Gasteiger charge is -2.36. The second-order valence-electron chi connectivity index (χ2n) is 8.40. The van der Waals surface area contributed by atoms with E-state index >= 15 is 0 Å². The largest absolute Gasteiger partial charge is 0.382 e. The second kappa shape index (κ2) is 7.15. The van der Waals surface area contributed by atoms with Gasteiger partial charge in [0.15, 0.2) is 5.79 Å². The summed E-state index contributed by atoms with van der Waals surface area (Å²) < 4.78 is 11.7. The van der Waals surface area contributed by atoms with E-state index in [-0.39, 0.29) is 23.6 Å². The zero-order valence-corrected chi connectivity index (χ0v) is 16.5. The molecule has 0 radical (unpaired) electrons. The summed E-state index contributed by atoms with van der Waals surface area (Å²) in [6, 6.07) is 6.23. The van der Waals surface area contributed by atoms with Gasteiger partial charge in [-0.15, -0.1) is 0 Å². The van der Waals surface area contributed by atoms with Gasteiger partial charge in [-0.2, -0.15) is 0 Å². The lowest BCUT2D eigenvalue weighted by molar-refractivity contribution is -0.177. The number of carbonyl (C=O) groups excluding carboxylic acids is 2. The molecule has 3 aliphatic heterocycles. The van der Waals surface area contributed by atoms with Crippen LogP contribution in [0.1, 0.15) is 49.7 Å². The van der Waals surface area contributed by atoms with Crippen LogP contribution < -0.4 is 10.6 Å². The van der Waals surface area contributed by atoms with Crippen molar-refractivity contribution in [1.82, 2.24) is 10.2 Å². The number of hydrogen-bond acceptors (Lipinski definition) is 6. The number of hydrogen-bond donors (Lipinski definition) is 2. The minimum atomic E-state index is -0.353. The van der Waals surface area contributed by atoms with Gasteiger partial charge in [0.25, 0.3) is 0 Å². The number of imide groups is 1. The standard InChI is InChI=1S/C22H27N3O4/c1-14-16-3-2-4-18(23-15-7-9-22(10-8-15)28-11-12-29-22)17(16)13-25(14)19-5-6-20(26)24-21(19)27/h2-4,15,19,23H,1,5-13H2,(H,24,26,27). The Balaban J connectivity index is 1.30. The lowest BCUT2D eigenvalue weighted by Crippen LogP contribution is -2.50. The number of rotatable bonds is 3. The van der Waals surface area contributed by atoms with Crippen LogP contribution in [0.5, 0.6) is 0 Å². The predicted molar refractivity (Wildman–Crippen MR) is 108 cm³/mol. The number of nitrogens with one attached hydrogen (secondary N) is 2. The summed E-state index contributed by atoms with van der Waals surface area (Å²) in [7, 11) is 0. The first-order valence-electron chi connectivity index (χ1n) is 10.5. The van der Waals surface area contributed by atoms with Gasteiger partial charge in [-0.05, 0) is 25.3 Å². The Hall–Kier alpha value is -2.38. The molecule has 2 N–H and O–H groups in total. The Kier molecular flexibility index (Phi) is 4.59. The smallest absolute Gasteiger partial charge is 0.249 e. The molecule has 1 aliphatic carbocycles. The van der Waals surface area contributed by atoms with Crippen LogP contribution in [0.4, 0.5) is 5.69 Å². The molecule has 4 aliphatic rings.